The minimum absolute atomic E-state index is 0.216. The zero-order valence-electron chi connectivity index (χ0n) is 63.8. The van der Waals surface area contributed by atoms with Crippen LogP contribution in [-0.2, 0) is 69.4 Å². The molecule has 0 aliphatic heterocycles. The Morgan fingerprint density at radius 2 is 0.455 bits per heavy atom. The standard InChI is InChI=1S/C81H122N2O12Si4/c1-82(2,3)53-29-21-19-27-47-81(48-28-20-22-30-54-83(4,5)6)77-61-65(63-39-43-69-67-35-23-25-37-73(67)79(75(69)59-63,49-31-55-96(84-7,85-8)86-9)50-32-56-97(87-10,88-11)89-12)41-45-71(77)72-46-42-66(62-78(72)81)64-40-44-70-68-36-24-26-38-74(68)80(76(70)60-64,51-33-57-98(90-13,91-14)92-15)52-34-58-99(93-16,94-17)95-18/h23-26,35-46,59-62H,19-22,27-34,47-58H2,1-18H3/q+2. The second-order valence-corrected chi connectivity index (χ2v) is 42.7. The number of quaternary nitrogens is 2. The molecule has 0 fully saturated rings. The predicted molar refractivity (Wildman–Crippen MR) is 411 cm³/mol. The third-order valence-electron chi connectivity index (χ3n) is 23.0. The van der Waals surface area contributed by atoms with E-state index in [2.05, 4.69) is 164 Å². The molecule has 3 aliphatic carbocycles. The molecule has 18 heteroatoms. The Balaban J connectivity index is 1.19. The van der Waals surface area contributed by atoms with Crippen molar-refractivity contribution in [1.29, 1.82) is 0 Å². The number of nitrogens with zero attached hydrogens (tertiary/aromatic N) is 2. The highest BCUT2D eigenvalue weighted by molar-refractivity contribution is 6.61. The van der Waals surface area contributed by atoms with E-state index in [0.29, 0.717) is 24.2 Å². The lowest BCUT2D eigenvalue weighted by Gasteiger charge is -2.35. The fourth-order valence-corrected chi connectivity index (χ4v) is 24.4. The molecular weight excluding hydrogens is 1310 g/mol. The minimum Gasteiger partial charge on any atom is -0.377 e. The van der Waals surface area contributed by atoms with Crippen molar-refractivity contribution in [1.82, 2.24) is 0 Å². The molecule has 0 saturated heterocycles. The van der Waals surface area contributed by atoms with E-state index in [0.717, 1.165) is 86.0 Å². The SMILES string of the molecule is CO[Si](CCCC1(CCC[Si](OC)(OC)OC)c2ccccc2-c2ccc(-c3ccc4c(c3)C(CCCCCC[N+](C)(C)C)(CCCCCC[N+](C)(C)C)c3cc(-c5ccc6c(c5)C(CCC[Si](OC)(OC)OC)(CCC[Si](OC)(OC)OC)c5ccccc5-6)ccc3-4)cc21)(OC)OC. The lowest BCUT2D eigenvalue weighted by atomic mass is 9.69. The quantitative estimate of drug-likeness (QED) is 0.0206. The van der Waals surface area contributed by atoms with Gasteiger partial charge in [0.15, 0.2) is 0 Å². The third-order valence-corrected chi connectivity index (χ3v) is 34.3. The van der Waals surface area contributed by atoms with Crippen LogP contribution in [0.25, 0.3) is 55.6 Å². The molecule has 0 saturated carbocycles. The first kappa shape index (κ1) is 78.8. The van der Waals surface area contributed by atoms with Crippen molar-refractivity contribution >= 4 is 35.2 Å². The average molecular weight is 1430 g/mol. The van der Waals surface area contributed by atoms with Crippen LogP contribution < -0.4 is 0 Å². The molecule has 3 aliphatic rings. The number of rotatable bonds is 44. The summed E-state index contributed by atoms with van der Waals surface area (Å²) in [5.74, 6) is 0. The Bertz CT molecular complexity index is 3270. The maximum Gasteiger partial charge on any atom is 0.500 e. The van der Waals surface area contributed by atoms with Crippen molar-refractivity contribution in [2.45, 2.75) is 156 Å². The summed E-state index contributed by atoms with van der Waals surface area (Å²) in [7, 11) is 23.0. The highest BCUT2D eigenvalue weighted by Crippen LogP contribution is 2.60. The molecule has 0 atom stereocenters. The summed E-state index contributed by atoms with van der Waals surface area (Å²) >= 11 is 0. The van der Waals surface area contributed by atoms with Gasteiger partial charge in [-0.25, -0.2) is 0 Å². The van der Waals surface area contributed by atoms with Crippen LogP contribution in [0.1, 0.15) is 149 Å². The van der Waals surface area contributed by atoms with Gasteiger partial charge in [-0.3, -0.25) is 0 Å². The normalized spacial score (nSPS) is 15.3. The van der Waals surface area contributed by atoms with Gasteiger partial charge in [-0.1, -0.05) is 123 Å². The molecule has 99 heavy (non-hydrogen) atoms. The fraction of sp³-hybridized carbons (Fsp3) is 0.556. The largest absolute Gasteiger partial charge is 0.500 e. The van der Waals surface area contributed by atoms with Gasteiger partial charge >= 0.3 is 35.2 Å². The Morgan fingerprint density at radius 1 is 0.242 bits per heavy atom. The summed E-state index contributed by atoms with van der Waals surface area (Å²) in [4.78, 5) is 0. The van der Waals surface area contributed by atoms with Gasteiger partial charge in [-0.2, -0.15) is 0 Å². The summed E-state index contributed by atoms with van der Waals surface area (Å²) in [6.45, 7) is 2.35. The van der Waals surface area contributed by atoms with E-state index >= 15 is 0 Å². The lowest BCUT2D eigenvalue weighted by Crippen LogP contribution is -2.43. The van der Waals surface area contributed by atoms with Gasteiger partial charge in [0.25, 0.3) is 0 Å². The molecule has 6 aromatic carbocycles. The highest BCUT2D eigenvalue weighted by atomic mass is 28.4. The zero-order valence-corrected chi connectivity index (χ0v) is 67.8. The predicted octanol–water partition coefficient (Wildman–Crippen LogP) is 17.8. The van der Waals surface area contributed by atoms with E-state index in [1.165, 1.54) is 141 Å². The Labute approximate surface area is 600 Å². The first-order valence-corrected chi connectivity index (χ1v) is 44.3. The molecule has 9 rings (SSSR count). The molecular formula is C81H122N2O12Si4+2. The van der Waals surface area contributed by atoms with Crippen LogP contribution >= 0.6 is 0 Å². The molecule has 0 bridgehead atoms. The molecule has 0 N–H and O–H groups in total. The molecule has 542 valence electrons. The Morgan fingerprint density at radius 3 is 0.697 bits per heavy atom. The van der Waals surface area contributed by atoms with E-state index in [9.17, 15) is 0 Å². The van der Waals surface area contributed by atoms with Gasteiger partial charge in [-0.05, 0) is 203 Å². The van der Waals surface area contributed by atoms with Crippen LogP contribution in [0.15, 0.2) is 121 Å². The third kappa shape index (κ3) is 16.9. The van der Waals surface area contributed by atoms with Gasteiger partial charge in [0.1, 0.15) is 0 Å². The van der Waals surface area contributed by atoms with E-state index in [-0.39, 0.29) is 16.2 Å². The van der Waals surface area contributed by atoms with Crippen molar-refractivity contribution in [3.63, 3.8) is 0 Å². The number of unbranched alkanes of at least 4 members (excludes halogenated alkanes) is 6. The van der Waals surface area contributed by atoms with Crippen LogP contribution in [0, 0.1) is 0 Å². The van der Waals surface area contributed by atoms with Crippen molar-refractivity contribution in [2.75, 3.05) is 141 Å². The first-order chi connectivity index (χ1) is 47.5. The summed E-state index contributed by atoms with van der Waals surface area (Å²) in [6.07, 6.45) is 18.8. The summed E-state index contributed by atoms with van der Waals surface area (Å²) < 4.78 is 74.7. The van der Waals surface area contributed by atoms with Crippen molar-refractivity contribution in [3.05, 3.63) is 155 Å². The Kier molecular flexibility index (Phi) is 27.1. The maximum absolute atomic E-state index is 6.06. The monoisotopic (exact) mass is 1430 g/mol. The van der Waals surface area contributed by atoms with Crippen molar-refractivity contribution in [2.24, 2.45) is 0 Å². The lowest BCUT2D eigenvalue weighted by molar-refractivity contribution is -0.870. The molecule has 0 heterocycles. The second kappa shape index (κ2) is 34.0. The first-order valence-electron chi connectivity index (χ1n) is 36.6. The molecule has 0 aromatic heterocycles. The van der Waals surface area contributed by atoms with E-state index in [1.54, 1.807) is 85.3 Å². The average Bonchev–Trinajstić information content (AvgIpc) is 1.57. The van der Waals surface area contributed by atoms with Gasteiger partial charge < -0.3 is 62.1 Å². The van der Waals surface area contributed by atoms with E-state index in [1.807, 2.05) is 0 Å². The molecule has 0 amide bonds. The highest BCUT2D eigenvalue weighted by Gasteiger charge is 2.50. The van der Waals surface area contributed by atoms with Gasteiger partial charge in [0.2, 0.25) is 0 Å². The Hall–Kier alpha value is -4.37. The number of benzene rings is 6. The smallest absolute Gasteiger partial charge is 0.377 e. The van der Waals surface area contributed by atoms with Gasteiger partial charge in [-0.15, -0.1) is 0 Å². The minimum atomic E-state index is -2.89. The zero-order chi connectivity index (χ0) is 71.3. The number of hydrogen-bond acceptors (Lipinski definition) is 12. The van der Waals surface area contributed by atoms with Crippen molar-refractivity contribution in [3.8, 4) is 55.6 Å². The number of fused-ring (bicyclic) bond motifs is 9. The summed E-state index contributed by atoms with van der Waals surface area (Å²) in [5, 5.41) is 0. The van der Waals surface area contributed by atoms with Crippen LogP contribution in [0.5, 0.6) is 0 Å². The summed E-state index contributed by atoms with van der Waals surface area (Å²) in [6, 6.07) is 50.9. The van der Waals surface area contributed by atoms with Crippen molar-refractivity contribution < 1.29 is 62.1 Å². The van der Waals surface area contributed by atoms with Crippen LogP contribution in [0.2, 0.25) is 24.2 Å². The van der Waals surface area contributed by atoms with E-state index in [4.69, 9.17) is 53.1 Å². The van der Waals surface area contributed by atoms with E-state index < -0.39 is 35.2 Å². The molecule has 0 spiro atoms. The number of hydrogen-bond donors (Lipinski definition) is 0. The van der Waals surface area contributed by atoms with Crippen LogP contribution in [0.4, 0.5) is 0 Å². The van der Waals surface area contributed by atoms with Crippen LogP contribution in [0.3, 0.4) is 0 Å². The topological polar surface area (TPSA) is 111 Å². The summed E-state index contributed by atoms with van der Waals surface area (Å²) in [5.41, 5.74) is 20.5. The molecule has 6 aromatic rings. The fourth-order valence-electron chi connectivity index (χ4n) is 17.5. The van der Waals surface area contributed by atoms with Gasteiger partial charge in [0, 0.05) is 126 Å². The maximum atomic E-state index is 6.06. The molecule has 14 nitrogen and oxygen atoms in total. The second-order valence-electron chi connectivity index (χ2n) is 30.3. The molecule has 0 unspecified atom stereocenters. The van der Waals surface area contributed by atoms with Crippen LogP contribution in [-0.4, -0.2) is 185 Å². The molecule has 0 radical (unpaired) electrons. The van der Waals surface area contributed by atoms with Gasteiger partial charge in [0.05, 0.1) is 55.4 Å².